The van der Waals surface area contributed by atoms with Crippen LogP contribution in [-0.4, -0.2) is 12.6 Å². The Kier molecular flexibility index (Phi) is 5.46. The van der Waals surface area contributed by atoms with E-state index in [4.69, 9.17) is 9.15 Å². The van der Waals surface area contributed by atoms with E-state index in [2.05, 4.69) is 25.2 Å². The number of rotatable bonds is 6. The quantitative estimate of drug-likeness (QED) is 0.849. The monoisotopic (exact) mass is 265 g/mol. The molecule has 1 aromatic heterocycles. The Hall–Kier alpha value is -0.800. The zero-order valence-corrected chi connectivity index (χ0v) is 12.5. The highest BCUT2D eigenvalue weighted by atomic mass is 16.5. The van der Waals surface area contributed by atoms with Crippen LogP contribution < -0.4 is 5.32 Å². The van der Waals surface area contributed by atoms with Crippen molar-refractivity contribution in [3.8, 4) is 0 Å². The van der Waals surface area contributed by atoms with E-state index >= 15 is 0 Å². The van der Waals surface area contributed by atoms with E-state index < -0.39 is 0 Å². The number of nitrogens with one attached hydrogen (secondary N) is 1. The smallest absolute Gasteiger partial charge is 0.118 e. The first kappa shape index (κ1) is 14.6. The van der Waals surface area contributed by atoms with Crippen molar-refractivity contribution < 1.29 is 9.15 Å². The summed E-state index contributed by atoms with van der Waals surface area (Å²) in [5.74, 6) is 2.88. The van der Waals surface area contributed by atoms with E-state index in [1.807, 2.05) is 6.92 Å². The van der Waals surface area contributed by atoms with Crippen molar-refractivity contribution in [2.45, 2.75) is 65.7 Å². The second kappa shape index (κ2) is 7.11. The van der Waals surface area contributed by atoms with Gasteiger partial charge in [-0.25, -0.2) is 0 Å². The molecule has 108 valence electrons. The van der Waals surface area contributed by atoms with Gasteiger partial charge in [-0.3, -0.25) is 0 Å². The zero-order valence-electron chi connectivity index (χ0n) is 12.5. The fourth-order valence-corrected chi connectivity index (χ4v) is 2.67. The van der Waals surface area contributed by atoms with Crippen LogP contribution in [0, 0.1) is 12.8 Å². The molecule has 1 N–H and O–H groups in total. The molecule has 0 amide bonds. The lowest BCUT2D eigenvalue weighted by Crippen LogP contribution is -2.20. The van der Waals surface area contributed by atoms with Gasteiger partial charge in [-0.1, -0.05) is 13.8 Å². The molecule has 0 unspecified atom stereocenters. The molecule has 1 fully saturated rings. The van der Waals surface area contributed by atoms with Gasteiger partial charge in [-0.15, -0.1) is 0 Å². The summed E-state index contributed by atoms with van der Waals surface area (Å²) >= 11 is 0. The number of furan rings is 1. The summed E-state index contributed by atoms with van der Waals surface area (Å²) in [5.41, 5.74) is 1.20. The van der Waals surface area contributed by atoms with Gasteiger partial charge in [0.1, 0.15) is 11.5 Å². The summed E-state index contributed by atoms with van der Waals surface area (Å²) in [4.78, 5) is 0. The Balaban J connectivity index is 1.80. The SMILES string of the molecule is CCNCc1cc(COC2CCC(C)CC2)c(C)o1. The minimum atomic E-state index is 0.447. The van der Waals surface area contributed by atoms with Crippen LogP contribution in [0.25, 0.3) is 0 Å². The molecule has 0 spiro atoms. The highest BCUT2D eigenvalue weighted by Gasteiger charge is 2.19. The third kappa shape index (κ3) is 4.36. The van der Waals surface area contributed by atoms with Crippen molar-refractivity contribution in [3.05, 3.63) is 23.2 Å². The molecule has 0 atom stereocenters. The second-order valence-electron chi connectivity index (χ2n) is 5.77. The molecule has 3 heteroatoms. The molecule has 1 aliphatic carbocycles. The minimum Gasteiger partial charge on any atom is -0.465 e. The highest BCUT2D eigenvalue weighted by Crippen LogP contribution is 2.26. The highest BCUT2D eigenvalue weighted by molar-refractivity contribution is 5.20. The van der Waals surface area contributed by atoms with Gasteiger partial charge in [0, 0.05) is 5.56 Å². The maximum absolute atomic E-state index is 6.04. The van der Waals surface area contributed by atoms with Gasteiger partial charge in [0.2, 0.25) is 0 Å². The lowest BCUT2D eigenvalue weighted by atomic mass is 9.89. The van der Waals surface area contributed by atoms with Gasteiger partial charge in [-0.2, -0.15) is 0 Å². The van der Waals surface area contributed by atoms with Crippen LogP contribution in [0.1, 0.15) is 56.6 Å². The first-order valence-corrected chi connectivity index (χ1v) is 7.59. The summed E-state index contributed by atoms with van der Waals surface area (Å²) in [6, 6.07) is 2.13. The fourth-order valence-electron chi connectivity index (χ4n) is 2.67. The molecule has 0 aromatic carbocycles. The summed E-state index contributed by atoms with van der Waals surface area (Å²) in [5, 5.41) is 3.28. The lowest BCUT2D eigenvalue weighted by Gasteiger charge is -2.26. The predicted molar refractivity (Wildman–Crippen MR) is 77.0 cm³/mol. The van der Waals surface area contributed by atoms with Crippen LogP contribution >= 0.6 is 0 Å². The summed E-state index contributed by atoms with van der Waals surface area (Å²) < 4.78 is 11.8. The van der Waals surface area contributed by atoms with Crippen LogP contribution in [-0.2, 0) is 17.9 Å². The van der Waals surface area contributed by atoms with E-state index in [0.717, 1.165) is 30.5 Å². The first-order chi connectivity index (χ1) is 9.19. The topological polar surface area (TPSA) is 34.4 Å². The standard InChI is InChI=1S/C16H27NO2/c1-4-17-10-16-9-14(13(3)19-16)11-18-15-7-5-12(2)6-8-15/h9,12,15,17H,4-8,10-11H2,1-3H3. The summed E-state index contributed by atoms with van der Waals surface area (Å²) in [6.45, 7) is 8.93. The third-order valence-electron chi connectivity index (χ3n) is 4.06. The molecule has 1 saturated carbocycles. The van der Waals surface area contributed by atoms with Crippen molar-refractivity contribution in [2.75, 3.05) is 6.54 Å². The van der Waals surface area contributed by atoms with Crippen LogP contribution in [0.3, 0.4) is 0 Å². The first-order valence-electron chi connectivity index (χ1n) is 7.59. The summed E-state index contributed by atoms with van der Waals surface area (Å²) in [7, 11) is 0. The fraction of sp³-hybridized carbons (Fsp3) is 0.750. The second-order valence-corrected chi connectivity index (χ2v) is 5.77. The van der Waals surface area contributed by atoms with Crippen molar-refractivity contribution in [3.63, 3.8) is 0 Å². The Morgan fingerprint density at radius 3 is 2.74 bits per heavy atom. The van der Waals surface area contributed by atoms with Gasteiger partial charge >= 0.3 is 0 Å². The molecular weight excluding hydrogens is 238 g/mol. The molecular formula is C16H27NO2. The maximum atomic E-state index is 6.04. The van der Waals surface area contributed by atoms with Crippen molar-refractivity contribution in [1.82, 2.24) is 5.32 Å². The van der Waals surface area contributed by atoms with E-state index in [1.54, 1.807) is 0 Å². The molecule has 19 heavy (non-hydrogen) atoms. The third-order valence-corrected chi connectivity index (χ3v) is 4.06. The van der Waals surface area contributed by atoms with Gasteiger partial charge < -0.3 is 14.5 Å². The average molecular weight is 265 g/mol. The summed E-state index contributed by atoms with van der Waals surface area (Å²) in [6.07, 6.45) is 5.48. The number of hydrogen-bond donors (Lipinski definition) is 1. The van der Waals surface area contributed by atoms with Gasteiger partial charge in [-0.05, 0) is 51.1 Å². The molecule has 1 aromatic rings. The molecule has 3 nitrogen and oxygen atoms in total. The Labute approximate surface area is 116 Å². The van der Waals surface area contributed by atoms with Crippen LogP contribution in [0.5, 0.6) is 0 Å². The Morgan fingerprint density at radius 2 is 2.05 bits per heavy atom. The molecule has 1 aliphatic rings. The number of ether oxygens (including phenoxy) is 1. The molecule has 0 saturated heterocycles. The molecule has 0 bridgehead atoms. The van der Waals surface area contributed by atoms with Gasteiger partial charge in [0.25, 0.3) is 0 Å². The zero-order chi connectivity index (χ0) is 13.7. The molecule has 1 heterocycles. The number of aryl methyl sites for hydroxylation is 1. The van der Waals surface area contributed by atoms with E-state index in [9.17, 15) is 0 Å². The Morgan fingerprint density at radius 1 is 1.32 bits per heavy atom. The normalized spacial score (nSPS) is 23.7. The minimum absolute atomic E-state index is 0.447. The van der Waals surface area contributed by atoms with Crippen molar-refractivity contribution in [2.24, 2.45) is 5.92 Å². The van der Waals surface area contributed by atoms with Crippen LogP contribution in [0.4, 0.5) is 0 Å². The van der Waals surface area contributed by atoms with Crippen molar-refractivity contribution in [1.29, 1.82) is 0 Å². The molecule has 0 radical (unpaired) electrons. The predicted octanol–water partition coefficient (Wildman–Crippen LogP) is 3.79. The van der Waals surface area contributed by atoms with Crippen molar-refractivity contribution >= 4 is 0 Å². The molecule has 0 aliphatic heterocycles. The van der Waals surface area contributed by atoms with Crippen LogP contribution in [0.15, 0.2) is 10.5 Å². The Bertz CT molecular complexity index is 378. The lowest BCUT2D eigenvalue weighted by molar-refractivity contribution is 0.00831. The number of hydrogen-bond acceptors (Lipinski definition) is 3. The molecule has 2 rings (SSSR count). The maximum Gasteiger partial charge on any atom is 0.118 e. The largest absolute Gasteiger partial charge is 0.465 e. The van der Waals surface area contributed by atoms with E-state index in [-0.39, 0.29) is 0 Å². The van der Waals surface area contributed by atoms with Gasteiger partial charge in [0.05, 0.1) is 19.3 Å². The average Bonchev–Trinajstić information content (AvgIpc) is 2.76. The van der Waals surface area contributed by atoms with Crippen LogP contribution in [0.2, 0.25) is 0 Å². The van der Waals surface area contributed by atoms with E-state index in [0.29, 0.717) is 12.7 Å². The van der Waals surface area contributed by atoms with E-state index in [1.165, 1.54) is 31.2 Å². The van der Waals surface area contributed by atoms with Gasteiger partial charge in [0.15, 0.2) is 0 Å².